The molecule has 0 fully saturated rings. The van der Waals surface area contributed by atoms with Gasteiger partial charge in [0.15, 0.2) is 6.79 Å². The largest absolute Gasteiger partial charge is 0.491 e. The van der Waals surface area contributed by atoms with Gasteiger partial charge < -0.3 is 52.1 Å². The zero-order valence-electron chi connectivity index (χ0n) is 28.4. The summed E-state index contributed by atoms with van der Waals surface area (Å²) >= 11 is 0. The molecule has 0 saturated carbocycles. The van der Waals surface area contributed by atoms with E-state index in [2.05, 4.69) is 13.2 Å². The Kier molecular flexibility index (Phi) is 23.7. The number of ether oxygens (including phenoxy) is 11. The highest BCUT2D eigenvalue weighted by molar-refractivity contribution is 5.90. The van der Waals surface area contributed by atoms with Gasteiger partial charge in [-0.15, -0.1) is 0 Å². The molecule has 0 aliphatic heterocycles. The SMILES string of the molecule is C=Cc1ccc(OCCOCCOCCOCC(OCCOCCOCCOCCOC)c2cc(C(=O)OCOC)ccc2C=C)cc1. The summed E-state index contributed by atoms with van der Waals surface area (Å²) in [5, 5.41) is 0. The van der Waals surface area contributed by atoms with Crippen molar-refractivity contribution in [1.82, 2.24) is 0 Å². The smallest absolute Gasteiger partial charge is 0.340 e. The maximum atomic E-state index is 12.5. The second-order valence-corrected chi connectivity index (χ2v) is 10.00. The van der Waals surface area contributed by atoms with Gasteiger partial charge in [-0.05, 0) is 41.0 Å². The quantitative estimate of drug-likeness (QED) is 0.0630. The molecule has 48 heavy (non-hydrogen) atoms. The van der Waals surface area contributed by atoms with Crippen molar-refractivity contribution in [3.05, 3.63) is 77.9 Å². The van der Waals surface area contributed by atoms with Crippen molar-refractivity contribution < 1.29 is 56.9 Å². The number of carbonyl (C=O) groups excluding carboxylic acids is 1. The van der Waals surface area contributed by atoms with Crippen LogP contribution in [0.5, 0.6) is 5.75 Å². The molecule has 0 spiro atoms. The molecule has 0 bridgehead atoms. The molecule has 0 aromatic heterocycles. The van der Waals surface area contributed by atoms with Crippen molar-refractivity contribution in [2.24, 2.45) is 0 Å². The van der Waals surface area contributed by atoms with Crippen molar-refractivity contribution in [3.8, 4) is 5.75 Å². The lowest BCUT2D eigenvalue weighted by atomic mass is 9.99. The Hall–Kier alpha value is -3.17. The number of rotatable bonds is 31. The molecule has 2 aromatic rings. The molecule has 0 amide bonds. The molecule has 0 saturated heterocycles. The third-order valence-electron chi connectivity index (χ3n) is 6.55. The standard InChI is InChI=1S/C36H52O12/c1-5-30-7-11-33(12-8-30)46-25-23-43-19-18-42-21-22-45-28-35(47-26-24-44-20-17-41-16-15-40-14-13-38-3)34-27-32(10-9-31(34)6-2)36(37)48-29-39-4/h5-12,27,35H,1-2,13-26,28-29H2,3-4H3. The van der Waals surface area contributed by atoms with E-state index in [1.807, 2.05) is 24.3 Å². The molecule has 1 unspecified atom stereocenters. The Morgan fingerprint density at radius 1 is 0.646 bits per heavy atom. The number of carbonyl (C=O) groups is 1. The van der Waals surface area contributed by atoms with Gasteiger partial charge in [0, 0.05) is 14.2 Å². The summed E-state index contributed by atoms with van der Waals surface area (Å²) in [5.41, 5.74) is 2.94. The number of hydrogen-bond acceptors (Lipinski definition) is 12. The lowest BCUT2D eigenvalue weighted by Gasteiger charge is -2.21. The van der Waals surface area contributed by atoms with E-state index < -0.39 is 12.1 Å². The van der Waals surface area contributed by atoms with Gasteiger partial charge in [-0.2, -0.15) is 0 Å². The van der Waals surface area contributed by atoms with Crippen LogP contribution in [-0.2, 0) is 47.4 Å². The van der Waals surface area contributed by atoms with Crippen LogP contribution in [0.3, 0.4) is 0 Å². The first-order valence-electron chi connectivity index (χ1n) is 16.0. The molecule has 1 atom stereocenters. The minimum absolute atomic E-state index is 0.147. The maximum absolute atomic E-state index is 12.5. The van der Waals surface area contributed by atoms with Crippen LogP contribution >= 0.6 is 0 Å². The van der Waals surface area contributed by atoms with Crippen molar-refractivity contribution >= 4 is 18.1 Å². The van der Waals surface area contributed by atoms with Crippen LogP contribution < -0.4 is 4.74 Å². The van der Waals surface area contributed by atoms with Crippen LogP contribution in [-0.4, -0.2) is 126 Å². The van der Waals surface area contributed by atoms with E-state index >= 15 is 0 Å². The van der Waals surface area contributed by atoms with Crippen LogP contribution in [0.1, 0.15) is 33.2 Å². The number of methoxy groups -OCH3 is 2. The third kappa shape index (κ3) is 18.4. The average Bonchev–Trinajstić information content (AvgIpc) is 3.12. The highest BCUT2D eigenvalue weighted by Gasteiger charge is 2.19. The van der Waals surface area contributed by atoms with Crippen LogP contribution in [0.15, 0.2) is 55.6 Å². The van der Waals surface area contributed by atoms with Gasteiger partial charge in [0.1, 0.15) is 18.5 Å². The number of benzene rings is 2. The van der Waals surface area contributed by atoms with Crippen LogP contribution in [0.25, 0.3) is 12.2 Å². The minimum Gasteiger partial charge on any atom is -0.491 e. The molecule has 0 N–H and O–H groups in total. The molecule has 0 heterocycles. The van der Waals surface area contributed by atoms with Gasteiger partial charge in [-0.1, -0.05) is 43.5 Å². The second kappa shape index (κ2) is 27.7. The molecular weight excluding hydrogens is 624 g/mol. The van der Waals surface area contributed by atoms with Crippen molar-refractivity contribution in [2.75, 3.05) is 120 Å². The van der Waals surface area contributed by atoms with Gasteiger partial charge in [0.05, 0.1) is 98.1 Å². The van der Waals surface area contributed by atoms with Crippen LogP contribution in [0.2, 0.25) is 0 Å². The fraction of sp³-hybridized carbons (Fsp3) is 0.528. The van der Waals surface area contributed by atoms with Gasteiger partial charge in [0.25, 0.3) is 0 Å². The summed E-state index contributed by atoms with van der Waals surface area (Å²) in [6, 6.07) is 12.9. The monoisotopic (exact) mass is 676 g/mol. The average molecular weight is 677 g/mol. The van der Waals surface area contributed by atoms with E-state index in [1.54, 1.807) is 37.5 Å². The highest BCUT2D eigenvalue weighted by Crippen LogP contribution is 2.25. The van der Waals surface area contributed by atoms with E-state index in [-0.39, 0.29) is 13.4 Å². The summed E-state index contributed by atoms with van der Waals surface area (Å²) in [6.45, 7) is 13.8. The summed E-state index contributed by atoms with van der Waals surface area (Å²) in [6.07, 6.45) is 2.98. The fourth-order valence-electron chi connectivity index (χ4n) is 4.07. The molecule has 12 heteroatoms. The third-order valence-corrected chi connectivity index (χ3v) is 6.55. The Labute approximate surface area is 284 Å². The lowest BCUT2D eigenvalue weighted by molar-refractivity contribution is -0.0569. The van der Waals surface area contributed by atoms with Gasteiger partial charge in [0.2, 0.25) is 0 Å². The van der Waals surface area contributed by atoms with E-state index in [4.69, 9.17) is 52.1 Å². The van der Waals surface area contributed by atoms with E-state index in [0.29, 0.717) is 98.1 Å². The molecule has 0 aliphatic rings. The zero-order chi connectivity index (χ0) is 34.5. The Balaban J connectivity index is 1.73. The molecule has 0 aliphatic carbocycles. The Morgan fingerprint density at radius 2 is 1.21 bits per heavy atom. The van der Waals surface area contributed by atoms with Crippen molar-refractivity contribution in [3.63, 3.8) is 0 Å². The molecule has 268 valence electrons. The minimum atomic E-state index is -0.509. The van der Waals surface area contributed by atoms with Crippen molar-refractivity contribution in [2.45, 2.75) is 6.10 Å². The molecule has 0 radical (unpaired) electrons. The second-order valence-electron chi connectivity index (χ2n) is 10.00. The Bertz CT molecular complexity index is 1120. The summed E-state index contributed by atoms with van der Waals surface area (Å²) < 4.78 is 60.4. The van der Waals surface area contributed by atoms with E-state index in [0.717, 1.165) is 22.4 Å². The number of hydrogen-bond donors (Lipinski definition) is 0. The van der Waals surface area contributed by atoms with E-state index in [9.17, 15) is 4.79 Å². The van der Waals surface area contributed by atoms with Gasteiger partial charge in [-0.3, -0.25) is 0 Å². The first-order chi connectivity index (χ1) is 23.6. The molecule has 2 aromatic carbocycles. The summed E-state index contributed by atoms with van der Waals surface area (Å²) in [7, 11) is 3.08. The number of esters is 1. The maximum Gasteiger partial charge on any atom is 0.340 e. The normalized spacial score (nSPS) is 11.7. The lowest BCUT2D eigenvalue weighted by Crippen LogP contribution is -2.19. The first-order valence-corrected chi connectivity index (χ1v) is 16.0. The summed E-state index contributed by atoms with van der Waals surface area (Å²) in [5.74, 6) is 0.275. The van der Waals surface area contributed by atoms with E-state index in [1.165, 1.54) is 7.11 Å². The fourth-order valence-corrected chi connectivity index (χ4v) is 4.07. The molecule has 12 nitrogen and oxygen atoms in total. The zero-order valence-corrected chi connectivity index (χ0v) is 28.4. The highest BCUT2D eigenvalue weighted by atomic mass is 16.7. The van der Waals surface area contributed by atoms with Gasteiger partial charge in [-0.25, -0.2) is 4.79 Å². The predicted molar refractivity (Wildman–Crippen MR) is 181 cm³/mol. The van der Waals surface area contributed by atoms with Crippen molar-refractivity contribution in [1.29, 1.82) is 0 Å². The van der Waals surface area contributed by atoms with Gasteiger partial charge >= 0.3 is 5.97 Å². The van der Waals surface area contributed by atoms with Crippen LogP contribution in [0.4, 0.5) is 0 Å². The summed E-state index contributed by atoms with van der Waals surface area (Å²) in [4.78, 5) is 12.5. The van der Waals surface area contributed by atoms with Crippen LogP contribution in [0, 0.1) is 0 Å². The molecular formula is C36H52O12. The molecule has 2 rings (SSSR count). The first kappa shape index (κ1) is 41.0. The predicted octanol–water partition coefficient (Wildman–Crippen LogP) is 4.62. The topological polar surface area (TPSA) is 119 Å². The Morgan fingerprint density at radius 3 is 1.77 bits per heavy atom.